The molecule has 5 rings (SSSR count). The summed E-state index contributed by atoms with van der Waals surface area (Å²) >= 11 is 0. The SMILES string of the molecule is C[C@H](CC(=O)N1CCC(O)(Cn2cnc3cc(NC(=O)C=CN4CCN(C)CC4)ccc3c2=O)CC1)c1ccccc1. The van der Waals surface area contributed by atoms with Crippen molar-refractivity contribution in [3.05, 3.63) is 83.1 Å². The van der Waals surface area contributed by atoms with Crippen molar-refractivity contribution in [1.82, 2.24) is 24.3 Å². The van der Waals surface area contributed by atoms with E-state index >= 15 is 0 Å². The van der Waals surface area contributed by atoms with E-state index < -0.39 is 5.60 Å². The number of nitrogens with zero attached hydrogens (tertiary/aromatic N) is 5. The molecule has 0 saturated carbocycles. The number of hydrogen-bond acceptors (Lipinski definition) is 7. The highest BCUT2D eigenvalue weighted by Gasteiger charge is 2.35. The zero-order valence-corrected chi connectivity index (χ0v) is 24.4. The molecule has 3 aromatic rings. The molecule has 2 saturated heterocycles. The molecule has 2 amide bonds. The average molecular weight is 573 g/mol. The monoisotopic (exact) mass is 572 g/mol. The van der Waals surface area contributed by atoms with Crippen molar-refractivity contribution < 1.29 is 14.7 Å². The van der Waals surface area contributed by atoms with E-state index in [1.165, 1.54) is 17.0 Å². The van der Waals surface area contributed by atoms with Crippen LogP contribution < -0.4 is 10.9 Å². The summed E-state index contributed by atoms with van der Waals surface area (Å²) in [6.45, 7) is 6.73. The molecule has 2 aliphatic heterocycles. The Balaban J connectivity index is 1.16. The van der Waals surface area contributed by atoms with Crippen LogP contribution in [0.4, 0.5) is 5.69 Å². The van der Waals surface area contributed by atoms with Crippen molar-refractivity contribution in [3.63, 3.8) is 0 Å². The number of anilines is 1. The van der Waals surface area contributed by atoms with Gasteiger partial charge in [0, 0.05) is 63.7 Å². The quantitative estimate of drug-likeness (QED) is 0.400. The Bertz CT molecular complexity index is 1490. The molecule has 2 fully saturated rings. The lowest BCUT2D eigenvalue weighted by atomic mass is 9.90. The standard InChI is InChI=1S/C32H40N6O4/c1-24(25-6-4-3-5-7-25)20-30(40)37-14-11-32(42,12-15-37)22-38-23-33-28-21-26(8-9-27(28)31(38)41)34-29(39)10-13-36-18-16-35(2)17-19-36/h3-10,13,21,23-24,42H,11-12,14-20,22H2,1-2H3,(H,34,39)/t24-/m1/s1. The summed E-state index contributed by atoms with van der Waals surface area (Å²) in [6, 6.07) is 15.0. The van der Waals surface area contributed by atoms with Crippen molar-refractivity contribution >= 4 is 28.4 Å². The maximum Gasteiger partial charge on any atom is 0.261 e. The van der Waals surface area contributed by atoms with Gasteiger partial charge in [-0.1, -0.05) is 37.3 Å². The average Bonchev–Trinajstić information content (AvgIpc) is 2.99. The highest BCUT2D eigenvalue weighted by atomic mass is 16.3. The van der Waals surface area contributed by atoms with Crippen molar-refractivity contribution in [2.75, 3.05) is 51.6 Å². The van der Waals surface area contributed by atoms with Gasteiger partial charge in [0.05, 0.1) is 29.4 Å². The minimum atomic E-state index is -1.11. The molecule has 2 aliphatic rings. The second-order valence-corrected chi connectivity index (χ2v) is 11.7. The van der Waals surface area contributed by atoms with Crippen LogP contribution in [0.15, 0.2) is 71.9 Å². The van der Waals surface area contributed by atoms with Gasteiger partial charge in [-0.2, -0.15) is 0 Å². The van der Waals surface area contributed by atoms with Gasteiger partial charge in [0.1, 0.15) is 0 Å². The van der Waals surface area contributed by atoms with Crippen LogP contribution in [0, 0.1) is 0 Å². The Morgan fingerprint density at radius 2 is 1.76 bits per heavy atom. The predicted molar refractivity (Wildman–Crippen MR) is 163 cm³/mol. The molecule has 1 aromatic heterocycles. The molecule has 2 aromatic carbocycles. The zero-order valence-electron chi connectivity index (χ0n) is 24.4. The largest absolute Gasteiger partial charge is 0.388 e. The van der Waals surface area contributed by atoms with Crippen LogP contribution in [0.3, 0.4) is 0 Å². The van der Waals surface area contributed by atoms with E-state index in [1.54, 1.807) is 18.2 Å². The van der Waals surface area contributed by atoms with Crippen molar-refractivity contribution in [3.8, 4) is 0 Å². The topological polar surface area (TPSA) is 111 Å². The van der Waals surface area contributed by atoms with Crippen LogP contribution in [0.5, 0.6) is 0 Å². The summed E-state index contributed by atoms with van der Waals surface area (Å²) in [7, 11) is 2.08. The third-order valence-corrected chi connectivity index (χ3v) is 8.43. The van der Waals surface area contributed by atoms with Crippen LogP contribution in [0.1, 0.15) is 37.7 Å². The Morgan fingerprint density at radius 1 is 1.05 bits per heavy atom. The lowest BCUT2D eigenvalue weighted by molar-refractivity contribution is -0.136. The molecular weight excluding hydrogens is 532 g/mol. The molecule has 42 heavy (non-hydrogen) atoms. The second kappa shape index (κ2) is 12.9. The Labute approximate surface area is 246 Å². The Kier molecular flexibility index (Phi) is 9.03. The Morgan fingerprint density at radius 3 is 2.48 bits per heavy atom. The summed E-state index contributed by atoms with van der Waals surface area (Å²) in [5, 5.41) is 14.5. The van der Waals surface area contributed by atoms with Gasteiger partial charge in [-0.05, 0) is 49.6 Å². The van der Waals surface area contributed by atoms with Gasteiger partial charge in [0.25, 0.3) is 5.56 Å². The number of nitrogens with one attached hydrogen (secondary N) is 1. The van der Waals surface area contributed by atoms with Crippen LogP contribution in [-0.2, 0) is 16.1 Å². The maximum absolute atomic E-state index is 13.2. The van der Waals surface area contributed by atoms with Gasteiger partial charge in [0.2, 0.25) is 11.8 Å². The first-order valence-corrected chi connectivity index (χ1v) is 14.7. The molecular formula is C32H40N6O4. The third-order valence-electron chi connectivity index (χ3n) is 8.43. The molecule has 222 valence electrons. The summed E-state index contributed by atoms with van der Waals surface area (Å²) in [5.41, 5.74) is 0.798. The number of hydrogen-bond donors (Lipinski definition) is 2. The number of amides is 2. The van der Waals surface area contributed by atoms with E-state index in [2.05, 4.69) is 34.1 Å². The molecule has 0 bridgehead atoms. The van der Waals surface area contributed by atoms with Crippen LogP contribution in [0.2, 0.25) is 0 Å². The number of rotatable bonds is 8. The maximum atomic E-state index is 13.2. The van der Waals surface area contributed by atoms with Crippen molar-refractivity contribution in [2.24, 2.45) is 0 Å². The summed E-state index contributed by atoms with van der Waals surface area (Å²) in [5.74, 6) is -0.0482. The van der Waals surface area contributed by atoms with E-state index in [1.807, 2.05) is 41.4 Å². The van der Waals surface area contributed by atoms with E-state index in [0.717, 1.165) is 31.7 Å². The number of benzene rings is 2. The van der Waals surface area contributed by atoms with Gasteiger partial charge in [-0.3, -0.25) is 19.0 Å². The molecule has 2 N–H and O–H groups in total. The number of fused-ring (bicyclic) bond motifs is 1. The highest BCUT2D eigenvalue weighted by molar-refractivity contribution is 6.00. The number of carbonyl (C=O) groups is 2. The first-order valence-electron chi connectivity index (χ1n) is 14.7. The second-order valence-electron chi connectivity index (χ2n) is 11.7. The summed E-state index contributed by atoms with van der Waals surface area (Å²) in [4.78, 5) is 49.2. The van der Waals surface area contributed by atoms with Crippen LogP contribution >= 0.6 is 0 Å². The normalized spacial score (nSPS) is 18.4. The fourth-order valence-corrected chi connectivity index (χ4v) is 5.61. The van der Waals surface area contributed by atoms with E-state index in [9.17, 15) is 19.5 Å². The summed E-state index contributed by atoms with van der Waals surface area (Å²) < 4.78 is 1.44. The van der Waals surface area contributed by atoms with Crippen molar-refractivity contribution in [2.45, 2.75) is 44.2 Å². The fraction of sp³-hybridized carbons (Fsp3) is 0.438. The number of carbonyl (C=O) groups excluding carboxylic acids is 2. The lowest BCUT2D eigenvalue weighted by Crippen LogP contribution is -2.49. The number of aromatic nitrogens is 2. The van der Waals surface area contributed by atoms with E-state index in [-0.39, 0.29) is 29.8 Å². The molecule has 10 heteroatoms. The molecule has 0 unspecified atom stereocenters. The molecule has 3 heterocycles. The number of likely N-dealkylation sites (N-methyl/N-ethyl adjacent to an activating group) is 1. The molecule has 0 spiro atoms. The van der Waals surface area contributed by atoms with Crippen LogP contribution in [0.25, 0.3) is 10.9 Å². The van der Waals surface area contributed by atoms with E-state index in [4.69, 9.17) is 0 Å². The molecule has 0 aliphatic carbocycles. The fourth-order valence-electron chi connectivity index (χ4n) is 5.61. The number of piperidine rings is 1. The van der Waals surface area contributed by atoms with E-state index in [0.29, 0.717) is 48.9 Å². The van der Waals surface area contributed by atoms with Crippen LogP contribution in [-0.4, -0.2) is 93.1 Å². The lowest BCUT2D eigenvalue weighted by Gasteiger charge is -2.38. The summed E-state index contributed by atoms with van der Waals surface area (Å²) in [6.07, 6.45) is 5.97. The highest BCUT2D eigenvalue weighted by Crippen LogP contribution is 2.26. The smallest absolute Gasteiger partial charge is 0.261 e. The molecule has 0 radical (unpaired) electrons. The number of likely N-dealkylation sites (tertiary alicyclic amines) is 1. The predicted octanol–water partition coefficient (Wildman–Crippen LogP) is 2.64. The van der Waals surface area contributed by atoms with Gasteiger partial charge >= 0.3 is 0 Å². The minimum Gasteiger partial charge on any atom is -0.388 e. The Hall–Kier alpha value is -4.02. The number of piperazine rings is 1. The van der Waals surface area contributed by atoms with Crippen molar-refractivity contribution in [1.29, 1.82) is 0 Å². The third kappa shape index (κ3) is 7.24. The first kappa shape index (κ1) is 29.5. The van der Waals surface area contributed by atoms with Gasteiger partial charge in [-0.15, -0.1) is 0 Å². The minimum absolute atomic E-state index is 0.0793. The molecule has 1 atom stereocenters. The van der Waals surface area contributed by atoms with Gasteiger partial charge < -0.3 is 25.1 Å². The first-order chi connectivity index (χ1) is 20.2. The molecule has 10 nitrogen and oxygen atoms in total. The van der Waals surface area contributed by atoms with Gasteiger partial charge in [-0.25, -0.2) is 4.98 Å². The zero-order chi connectivity index (χ0) is 29.7. The number of aliphatic hydroxyl groups is 1. The van der Waals surface area contributed by atoms with Gasteiger partial charge in [0.15, 0.2) is 0 Å².